The van der Waals surface area contributed by atoms with Crippen molar-refractivity contribution in [2.75, 3.05) is 6.54 Å². The Labute approximate surface area is 270 Å². The average molecular weight is 607 g/mol. The second kappa shape index (κ2) is 35.4. The van der Waals surface area contributed by atoms with Crippen LogP contribution in [0.1, 0.15) is 226 Å². The van der Waals surface area contributed by atoms with Gasteiger partial charge in [0.25, 0.3) is 0 Å². The Morgan fingerprint density at radius 2 is 0.651 bits per heavy atom. The van der Waals surface area contributed by atoms with Crippen molar-refractivity contribution in [3.63, 3.8) is 0 Å². The molecule has 2 N–H and O–H groups in total. The molecule has 1 unspecified atom stereocenters. The Morgan fingerprint density at radius 1 is 0.395 bits per heavy atom. The Kier molecular flexibility index (Phi) is 34.5. The Bertz CT molecular complexity index is 580. The Hall–Kier alpha value is -1.06. The predicted molar refractivity (Wildman–Crippen MR) is 190 cm³/mol. The van der Waals surface area contributed by atoms with Crippen LogP contribution in [0.4, 0.5) is 0 Å². The van der Waals surface area contributed by atoms with Crippen molar-refractivity contribution >= 4 is 11.8 Å². The molecule has 2 amide bonds. The van der Waals surface area contributed by atoms with Crippen LogP contribution in [0.25, 0.3) is 0 Å². The van der Waals surface area contributed by atoms with E-state index in [2.05, 4.69) is 24.5 Å². The van der Waals surface area contributed by atoms with Crippen LogP contribution in [0.3, 0.4) is 0 Å². The molecule has 0 heterocycles. The first-order valence-electron chi connectivity index (χ1n) is 19.7. The minimum absolute atomic E-state index is 0.00570. The first-order chi connectivity index (χ1) is 21.1. The molecule has 0 saturated heterocycles. The van der Waals surface area contributed by atoms with Crippen molar-refractivity contribution in [3.05, 3.63) is 0 Å². The monoisotopic (exact) mass is 607 g/mol. The molecule has 4 nitrogen and oxygen atoms in total. The highest BCUT2D eigenvalue weighted by atomic mass is 16.2. The molecular weight excluding hydrogens is 528 g/mol. The van der Waals surface area contributed by atoms with Gasteiger partial charge in [-0.1, -0.05) is 194 Å². The van der Waals surface area contributed by atoms with Gasteiger partial charge in [0.1, 0.15) is 0 Å². The SMILES string of the molecule is CCCCCCCCCCCCCCCCCC(=O)NCC(C)NC(=O)CCCCCCCCCCCCCCCCC. The Balaban J connectivity index is 3.38. The summed E-state index contributed by atoms with van der Waals surface area (Å²) in [6, 6.07) is -0.00570. The van der Waals surface area contributed by atoms with E-state index in [1.54, 1.807) is 0 Å². The van der Waals surface area contributed by atoms with Crippen LogP contribution in [0, 0.1) is 0 Å². The third-order valence-corrected chi connectivity index (χ3v) is 9.03. The highest BCUT2D eigenvalue weighted by Crippen LogP contribution is 2.15. The molecule has 0 aliphatic carbocycles. The van der Waals surface area contributed by atoms with Gasteiger partial charge in [-0.2, -0.15) is 0 Å². The maximum Gasteiger partial charge on any atom is 0.220 e. The van der Waals surface area contributed by atoms with Gasteiger partial charge in [-0.3, -0.25) is 9.59 Å². The van der Waals surface area contributed by atoms with Gasteiger partial charge >= 0.3 is 0 Å². The largest absolute Gasteiger partial charge is 0.354 e. The summed E-state index contributed by atoms with van der Waals surface area (Å²) in [5.74, 6) is 0.247. The molecule has 256 valence electrons. The molecule has 0 aromatic heterocycles. The zero-order chi connectivity index (χ0) is 31.5. The second-order valence-electron chi connectivity index (χ2n) is 13.7. The number of carbonyl (C=O) groups is 2. The van der Waals surface area contributed by atoms with Gasteiger partial charge in [-0.25, -0.2) is 0 Å². The lowest BCUT2D eigenvalue weighted by Crippen LogP contribution is -2.41. The molecule has 0 aromatic carbocycles. The summed E-state index contributed by atoms with van der Waals surface area (Å²) in [7, 11) is 0. The van der Waals surface area contributed by atoms with E-state index >= 15 is 0 Å². The summed E-state index contributed by atoms with van der Waals surface area (Å²) in [4.78, 5) is 24.4. The predicted octanol–water partition coefficient (Wildman–Crippen LogP) is 12.1. The van der Waals surface area contributed by atoms with Gasteiger partial charge in [0.05, 0.1) is 0 Å². The van der Waals surface area contributed by atoms with Gasteiger partial charge in [0, 0.05) is 25.4 Å². The molecule has 0 spiro atoms. The summed E-state index contributed by atoms with van der Waals surface area (Å²) >= 11 is 0. The summed E-state index contributed by atoms with van der Waals surface area (Å²) in [6.45, 7) is 7.08. The van der Waals surface area contributed by atoms with E-state index in [9.17, 15) is 9.59 Å². The van der Waals surface area contributed by atoms with Gasteiger partial charge in [-0.05, 0) is 19.8 Å². The van der Waals surface area contributed by atoms with Crippen LogP contribution in [0.5, 0.6) is 0 Å². The zero-order valence-corrected chi connectivity index (χ0v) is 29.7. The molecule has 43 heavy (non-hydrogen) atoms. The lowest BCUT2D eigenvalue weighted by Gasteiger charge is -2.15. The first-order valence-corrected chi connectivity index (χ1v) is 19.7. The van der Waals surface area contributed by atoms with E-state index < -0.39 is 0 Å². The maximum atomic E-state index is 12.2. The molecule has 0 aliphatic rings. The average Bonchev–Trinajstić information content (AvgIpc) is 3.00. The maximum absolute atomic E-state index is 12.2. The summed E-state index contributed by atoms with van der Waals surface area (Å²) in [5, 5.41) is 6.06. The lowest BCUT2D eigenvalue weighted by molar-refractivity contribution is -0.123. The lowest BCUT2D eigenvalue weighted by atomic mass is 10.0. The van der Waals surface area contributed by atoms with E-state index in [1.807, 2.05) is 6.92 Å². The third kappa shape index (κ3) is 35.3. The minimum atomic E-state index is -0.00570. The zero-order valence-electron chi connectivity index (χ0n) is 29.7. The van der Waals surface area contributed by atoms with E-state index in [-0.39, 0.29) is 17.9 Å². The molecule has 0 bridgehead atoms. The molecule has 0 saturated carbocycles. The highest BCUT2D eigenvalue weighted by molar-refractivity contribution is 5.77. The molecule has 0 aromatic rings. The molecule has 0 radical (unpaired) electrons. The van der Waals surface area contributed by atoms with Crippen molar-refractivity contribution in [3.8, 4) is 0 Å². The summed E-state index contributed by atoms with van der Waals surface area (Å²) in [5.41, 5.74) is 0. The normalized spacial score (nSPS) is 12.0. The number of hydrogen-bond donors (Lipinski definition) is 2. The van der Waals surface area contributed by atoms with Crippen molar-refractivity contribution in [1.29, 1.82) is 0 Å². The number of hydrogen-bond acceptors (Lipinski definition) is 2. The smallest absolute Gasteiger partial charge is 0.220 e. The number of rotatable bonds is 35. The molecule has 0 rings (SSSR count). The van der Waals surface area contributed by atoms with Crippen molar-refractivity contribution in [1.82, 2.24) is 10.6 Å². The molecule has 0 aliphatic heterocycles. The van der Waals surface area contributed by atoms with E-state index in [1.165, 1.54) is 167 Å². The fourth-order valence-corrected chi connectivity index (χ4v) is 6.07. The quantitative estimate of drug-likeness (QED) is 0.0705. The van der Waals surface area contributed by atoms with Crippen molar-refractivity contribution in [2.24, 2.45) is 0 Å². The molecule has 4 heteroatoms. The van der Waals surface area contributed by atoms with Crippen molar-refractivity contribution in [2.45, 2.75) is 232 Å². The van der Waals surface area contributed by atoms with Crippen LogP contribution in [-0.2, 0) is 9.59 Å². The molecular formula is C39H78N2O2. The summed E-state index contributed by atoms with van der Waals surface area (Å²) < 4.78 is 0. The van der Waals surface area contributed by atoms with Crippen LogP contribution >= 0.6 is 0 Å². The van der Waals surface area contributed by atoms with Crippen molar-refractivity contribution < 1.29 is 9.59 Å². The van der Waals surface area contributed by atoms with Gasteiger partial charge in [0.15, 0.2) is 0 Å². The third-order valence-electron chi connectivity index (χ3n) is 9.03. The summed E-state index contributed by atoms with van der Waals surface area (Å²) in [6.07, 6.45) is 41.4. The highest BCUT2D eigenvalue weighted by Gasteiger charge is 2.09. The topological polar surface area (TPSA) is 58.2 Å². The van der Waals surface area contributed by atoms with E-state index in [0.29, 0.717) is 19.4 Å². The van der Waals surface area contributed by atoms with Gasteiger partial charge in [-0.15, -0.1) is 0 Å². The van der Waals surface area contributed by atoms with E-state index in [0.717, 1.165) is 25.7 Å². The minimum Gasteiger partial charge on any atom is -0.354 e. The van der Waals surface area contributed by atoms with Crippen LogP contribution in [0.2, 0.25) is 0 Å². The van der Waals surface area contributed by atoms with Gasteiger partial charge < -0.3 is 10.6 Å². The fourth-order valence-electron chi connectivity index (χ4n) is 6.07. The van der Waals surface area contributed by atoms with Crippen LogP contribution in [0.15, 0.2) is 0 Å². The number of carbonyl (C=O) groups excluding carboxylic acids is 2. The number of nitrogens with one attached hydrogen (secondary N) is 2. The van der Waals surface area contributed by atoms with Crippen LogP contribution < -0.4 is 10.6 Å². The molecule has 1 atom stereocenters. The Morgan fingerprint density at radius 3 is 0.953 bits per heavy atom. The molecule has 0 fully saturated rings. The second-order valence-corrected chi connectivity index (χ2v) is 13.7. The van der Waals surface area contributed by atoms with Gasteiger partial charge in [0.2, 0.25) is 11.8 Å². The van der Waals surface area contributed by atoms with Crippen LogP contribution in [-0.4, -0.2) is 24.4 Å². The fraction of sp³-hybridized carbons (Fsp3) is 0.949. The number of unbranched alkanes of at least 4 members (excludes halogenated alkanes) is 28. The standard InChI is InChI=1S/C39H78N2O2/c1-4-6-8-10-12-14-16-18-20-22-24-26-28-30-32-34-38(42)40-36-37(3)41-39(43)35-33-31-29-27-25-23-21-19-17-15-13-11-9-7-5-2/h37H,4-36H2,1-3H3,(H,40,42)(H,41,43). The van der Waals surface area contributed by atoms with E-state index in [4.69, 9.17) is 0 Å². The first kappa shape index (κ1) is 41.9. The number of amides is 2.